The molecule has 0 amide bonds. The molecule has 0 aliphatic carbocycles. The van der Waals surface area contributed by atoms with E-state index in [2.05, 4.69) is 36.0 Å². The molecule has 1 aromatic heterocycles. The standard InChI is InChI=1S/C15H26FN3/c1-4-10-19(6-3)11-9-17-14(5-2)15-8-7-13(16)12-18-15/h7-8,12,14,17H,4-6,9-11H2,1-3H3. The Morgan fingerprint density at radius 1 is 1.26 bits per heavy atom. The van der Waals surface area contributed by atoms with Crippen molar-refractivity contribution in [2.45, 2.75) is 39.7 Å². The monoisotopic (exact) mass is 267 g/mol. The van der Waals surface area contributed by atoms with E-state index in [0.29, 0.717) is 0 Å². The lowest BCUT2D eigenvalue weighted by Gasteiger charge is -2.22. The molecule has 0 fully saturated rings. The van der Waals surface area contributed by atoms with Gasteiger partial charge >= 0.3 is 0 Å². The molecule has 0 aromatic carbocycles. The lowest BCUT2D eigenvalue weighted by Crippen LogP contribution is -2.34. The maximum Gasteiger partial charge on any atom is 0.141 e. The summed E-state index contributed by atoms with van der Waals surface area (Å²) in [6.45, 7) is 10.7. The average molecular weight is 267 g/mol. The van der Waals surface area contributed by atoms with Gasteiger partial charge in [-0.05, 0) is 38.1 Å². The van der Waals surface area contributed by atoms with Crippen molar-refractivity contribution in [1.82, 2.24) is 15.2 Å². The Balaban J connectivity index is 2.42. The molecular formula is C15H26FN3. The molecule has 0 saturated heterocycles. The van der Waals surface area contributed by atoms with Crippen LogP contribution in [0.25, 0.3) is 0 Å². The third-order valence-corrected chi connectivity index (χ3v) is 3.32. The van der Waals surface area contributed by atoms with Crippen molar-refractivity contribution in [3.8, 4) is 0 Å². The highest BCUT2D eigenvalue weighted by Crippen LogP contribution is 2.13. The van der Waals surface area contributed by atoms with Crippen molar-refractivity contribution in [3.63, 3.8) is 0 Å². The van der Waals surface area contributed by atoms with E-state index < -0.39 is 0 Å². The van der Waals surface area contributed by atoms with Crippen LogP contribution in [0, 0.1) is 5.82 Å². The highest BCUT2D eigenvalue weighted by atomic mass is 19.1. The molecule has 0 saturated carbocycles. The number of hydrogen-bond donors (Lipinski definition) is 1. The minimum atomic E-state index is -0.279. The van der Waals surface area contributed by atoms with Gasteiger partial charge in [-0.3, -0.25) is 4.98 Å². The fraction of sp³-hybridized carbons (Fsp3) is 0.667. The zero-order valence-corrected chi connectivity index (χ0v) is 12.3. The Morgan fingerprint density at radius 2 is 2.05 bits per heavy atom. The number of halogens is 1. The predicted octanol–water partition coefficient (Wildman–Crippen LogP) is 2.99. The maximum absolute atomic E-state index is 12.9. The molecule has 108 valence electrons. The molecule has 1 rings (SSSR count). The Bertz CT molecular complexity index is 340. The second-order valence-electron chi connectivity index (χ2n) is 4.75. The van der Waals surface area contributed by atoms with E-state index in [9.17, 15) is 4.39 Å². The van der Waals surface area contributed by atoms with Crippen LogP contribution >= 0.6 is 0 Å². The lowest BCUT2D eigenvalue weighted by molar-refractivity contribution is 0.281. The number of pyridine rings is 1. The van der Waals surface area contributed by atoms with Crippen molar-refractivity contribution in [2.75, 3.05) is 26.2 Å². The van der Waals surface area contributed by atoms with Gasteiger partial charge in [-0.15, -0.1) is 0 Å². The summed E-state index contributed by atoms with van der Waals surface area (Å²) in [5, 5.41) is 3.50. The quantitative estimate of drug-likeness (QED) is 0.745. The summed E-state index contributed by atoms with van der Waals surface area (Å²) >= 11 is 0. The summed E-state index contributed by atoms with van der Waals surface area (Å²) < 4.78 is 12.9. The van der Waals surface area contributed by atoms with Gasteiger partial charge in [-0.2, -0.15) is 0 Å². The van der Waals surface area contributed by atoms with E-state index in [1.807, 2.05) is 0 Å². The van der Waals surface area contributed by atoms with Crippen LogP contribution in [-0.2, 0) is 0 Å². The van der Waals surface area contributed by atoms with Gasteiger partial charge in [-0.1, -0.05) is 20.8 Å². The van der Waals surface area contributed by atoms with E-state index in [0.717, 1.165) is 38.3 Å². The van der Waals surface area contributed by atoms with Gasteiger partial charge in [0.25, 0.3) is 0 Å². The van der Waals surface area contributed by atoms with Gasteiger partial charge in [0, 0.05) is 19.1 Å². The smallest absolute Gasteiger partial charge is 0.141 e. The van der Waals surface area contributed by atoms with Crippen molar-refractivity contribution in [3.05, 3.63) is 29.8 Å². The van der Waals surface area contributed by atoms with Crippen molar-refractivity contribution in [2.24, 2.45) is 0 Å². The third kappa shape index (κ3) is 5.66. The summed E-state index contributed by atoms with van der Waals surface area (Å²) in [5.41, 5.74) is 0.919. The highest BCUT2D eigenvalue weighted by Gasteiger charge is 2.10. The van der Waals surface area contributed by atoms with Gasteiger partial charge in [0.05, 0.1) is 11.9 Å². The molecule has 1 unspecified atom stereocenters. The van der Waals surface area contributed by atoms with Crippen LogP contribution in [0.15, 0.2) is 18.3 Å². The minimum absolute atomic E-state index is 0.209. The minimum Gasteiger partial charge on any atom is -0.307 e. The van der Waals surface area contributed by atoms with Crippen molar-refractivity contribution < 1.29 is 4.39 Å². The number of aromatic nitrogens is 1. The van der Waals surface area contributed by atoms with Crippen LogP contribution in [-0.4, -0.2) is 36.1 Å². The van der Waals surface area contributed by atoms with Gasteiger partial charge in [0.15, 0.2) is 0 Å². The Morgan fingerprint density at radius 3 is 2.58 bits per heavy atom. The molecular weight excluding hydrogens is 241 g/mol. The largest absolute Gasteiger partial charge is 0.307 e. The van der Waals surface area contributed by atoms with E-state index in [1.54, 1.807) is 6.07 Å². The van der Waals surface area contributed by atoms with Crippen LogP contribution in [0.1, 0.15) is 45.3 Å². The SMILES string of the molecule is CCCN(CC)CCNC(CC)c1ccc(F)cn1. The van der Waals surface area contributed by atoms with Gasteiger partial charge < -0.3 is 10.2 Å². The lowest BCUT2D eigenvalue weighted by atomic mass is 10.1. The van der Waals surface area contributed by atoms with E-state index in [4.69, 9.17) is 0 Å². The molecule has 1 heterocycles. The predicted molar refractivity (Wildman–Crippen MR) is 77.6 cm³/mol. The zero-order chi connectivity index (χ0) is 14.1. The van der Waals surface area contributed by atoms with Crippen LogP contribution in [0.5, 0.6) is 0 Å². The second kappa shape index (κ2) is 8.99. The van der Waals surface area contributed by atoms with E-state index in [1.165, 1.54) is 18.7 Å². The first kappa shape index (κ1) is 16.1. The molecule has 1 N–H and O–H groups in total. The normalized spacial score (nSPS) is 12.9. The Labute approximate surface area is 116 Å². The van der Waals surface area contributed by atoms with Crippen molar-refractivity contribution >= 4 is 0 Å². The van der Waals surface area contributed by atoms with E-state index in [-0.39, 0.29) is 11.9 Å². The number of hydrogen-bond acceptors (Lipinski definition) is 3. The number of nitrogens with one attached hydrogen (secondary N) is 1. The second-order valence-corrected chi connectivity index (χ2v) is 4.75. The van der Waals surface area contributed by atoms with Crippen LogP contribution in [0.4, 0.5) is 4.39 Å². The third-order valence-electron chi connectivity index (χ3n) is 3.32. The first-order chi connectivity index (χ1) is 9.21. The summed E-state index contributed by atoms with van der Waals surface area (Å²) in [5.74, 6) is -0.279. The highest BCUT2D eigenvalue weighted by molar-refractivity contribution is 5.09. The molecule has 19 heavy (non-hydrogen) atoms. The van der Waals surface area contributed by atoms with Crippen LogP contribution in [0.2, 0.25) is 0 Å². The summed E-state index contributed by atoms with van der Waals surface area (Å²) in [4.78, 5) is 6.58. The summed E-state index contributed by atoms with van der Waals surface area (Å²) in [6, 6.07) is 3.45. The molecule has 1 atom stereocenters. The summed E-state index contributed by atoms with van der Waals surface area (Å²) in [7, 11) is 0. The van der Waals surface area contributed by atoms with Gasteiger partial charge in [0.1, 0.15) is 5.82 Å². The molecule has 4 heteroatoms. The van der Waals surface area contributed by atoms with Crippen LogP contribution in [0.3, 0.4) is 0 Å². The van der Waals surface area contributed by atoms with Gasteiger partial charge in [-0.25, -0.2) is 4.39 Å². The average Bonchev–Trinajstić information content (AvgIpc) is 2.43. The van der Waals surface area contributed by atoms with E-state index >= 15 is 0 Å². The zero-order valence-electron chi connectivity index (χ0n) is 12.3. The molecule has 0 spiro atoms. The topological polar surface area (TPSA) is 28.2 Å². The fourth-order valence-electron chi connectivity index (χ4n) is 2.19. The number of rotatable bonds is 9. The molecule has 1 aromatic rings. The molecule has 0 radical (unpaired) electrons. The van der Waals surface area contributed by atoms with Crippen LogP contribution < -0.4 is 5.32 Å². The maximum atomic E-state index is 12.9. The molecule has 0 aliphatic heterocycles. The Hall–Kier alpha value is -1.00. The molecule has 0 bridgehead atoms. The van der Waals surface area contributed by atoms with Gasteiger partial charge in [0.2, 0.25) is 0 Å². The molecule has 0 aliphatic rings. The molecule has 3 nitrogen and oxygen atoms in total. The van der Waals surface area contributed by atoms with Crippen molar-refractivity contribution in [1.29, 1.82) is 0 Å². The first-order valence-electron chi connectivity index (χ1n) is 7.28. The Kier molecular flexibility index (Phi) is 7.60. The number of nitrogens with zero attached hydrogens (tertiary/aromatic N) is 2. The number of likely N-dealkylation sites (N-methyl/N-ethyl adjacent to an activating group) is 1. The summed E-state index contributed by atoms with van der Waals surface area (Å²) in [6.07, 6.45) is 3.43. The first-order valence-corrected chi connectivity index (χ1v) is 7.28. The fourth-order valence-corrected chi connectivity index (χ4v) is 2.19.